The second-order valence-electron chi connectivity index (χ2n) is 4.15. The van der Waals surface area contributed by atoms with E-state index in [-0.39, 0.29) is 6.73 Å². The van der Waals surface area contributed by atoms with Crippen molar-refractivity contribution in [3.8, 4) is 11.5 Å². The van der Waals surface area contributed by atoms with Crippen LogP contribution in [0, 0.1) is 13.8 Å². The molecule has 0 fully saturated rings. The Balaban J connectivity index is 2.12. The summed E-state index contributed by atoms with van der Waals surface area (Å²) >= 11 is 6.09. The minimum absolute atomic E-state index is 0.260. The van der Waals surface area contributed by atoms with Crippen molar-refractivity contribution < 1.29 is 9.47 Å². The van der Waals surface area contributed by atoms with E-state index < -0.39 is 0 Å². The van der Waals surface area contributed by atoms with Crippen molar-refractivity contribution in [2.24, 2.45) is 0 Å². The highest BCUT2D eigenvalue weighted by Crippen LogP contribution is 2.29. The van der Waals surface area contributed by atoms with Crippen molar-refractivity contribution >= 4 is 17.3 Å². The second kappa shape index (κ2) is 5.40. The number of nitrogens with zero attached hydrogens (tertiary/aromatic N) is 2. The van der Waals surface area contributed by atoms with Crippen LogP contribution in [-0.4, -0.2) is 16.9 Å². The molecule has 2 rings (SSSR count). The molecule has 0 radical (unpaired) electrons. The van der Waals surface area contributed by atoms with Crippen LogP contribution in [0.1, 0.15) is 11.4 Å². The first-order chi connectivity index (χ1) is 9.02. The van der Waals surface area contributed by atoms with Crippen LogP contribution in [0.15, 0.2) is 18.2 Å². The number of nitrogens with two attached hydrogens (primary N) is 1. The van der Waals surface area contributed by atoms with E-state index in [9.17, 15) is 0 Å². The van der Waals surface area contributed by atoms with Gasteiger partial charge in [0.1, 0.15) is 11.5 Å². The Hall–Kier alpha value is -1.88. The van der Waals surface area contributed by atoms with Crippen molar-refractivity contribution in [1.29, 1.82) is 0 Å². The molecule has 0 unspecified atom stereocenters. The number of ether oxygens (including phenoxy) is 2. The van der Waals surface area contributed by atoms with E-state index >= 15 is 0 Å². The zero-order chi connectivity index (χ0) is 14.0. The fourth-order valence-corrected chi connectivity index (χ4v) is 1.92. The maximum Gasteiger partial charge on any atom is 0.181 e. The quantitative estimate of drug-likeness (QED) is 0.936. The third-order valence-electron chi connectivity index (χ3n) is 2.92. The molecule has 2 aromatic rings. The Labute approximate surface area is 116 Å². The minimum Gasteiger partial charge on any atom is -0.497 e. The van der Waals surface area contributed by atoms with E-state index in [4.69, 9.17) is 26.8 Å². The molecule has 0 bridgehead atoms. The van der Waals surface area contributed by atoms with E-state index in [0.29, 0.717) is 22.2 Å². The lowest BCUT2D eigenvalue weighted by Gasteiger charge is -2.10. The maximum absolute atomic E-state index is 6.09. The van der Waals surface area contributed by atoms with E-state index in [2.05, 4.69) is 5.10 Å². The van der Waals surface area contributed by atoms with E-state index in [1.165, 1.54) is 0 Å². The van der Waals surface area contributed by atoms with Crippen LogP contribution in [0.3, 0.4) is 0 Å². The first-order valence-electron chi connectivity index (χ1n) is 5.78. The zero-order valence-corrected chi connectivity index (χ0v) is 11.9. The zero-order valence-electron chi connectivity index (χ0n) is 11.1. The molecule has 102 valence electrons. The first-order valence-corrected chi connectivity index (χ1v) is 6.16. The molecular formula is C13H16ClN3O2. The summed E-state index contributed by atoms with van der Waals surface area (Å²) in [5, 5.41) is 4.78. The highest BCUT2D eigenvalue weighted by molar-refractivity contribution is 6.32. The van der Waals surface area contributed by atoms with Gasteiger partial charge >= 0.3 is 0 Å². The molecular weight excluding hydrogens is 266 g/mol. The van der Waals surface area contributed by atoms with Gasteiger partial charge in [0, 0.05) is 6.07 Å². The van der Waals surface area contributed by atoms with Crippen LogP contribution in [0.5, 0.6) is 11.5 Å². The lowest BCUT2D eigenvalue weighted by molar-refractivity contribution is 0.218. The van der Waals surface area contributed by atoms with Crippen LogP contribution in [0.25, 0.3) is 0 Å². The van der Waals surface area contributed by atoms with Gasteiger partial charge in [0.15, 0.2) is 6.73 Å². The van der Waals surface area contributed by atoms with Gasteiger partial charge in [0.05, 0.1) is 29.2 Å². The Bertz CT molecular complexity index is 596. The molecule has 1 heterocycles. The van der Waals surface area contributed by atoms with Gasteiger partial charge in [-0.1, -0.05) is 11.6 Å². The SMILES string of the molecule is COc1ccc(OCn2nc(C)c(N)c2C)c(Cl)c1. The number of benzene rings is 1. The number of hydrogen-bond acceptors (Lipinski definition) is 4. The van der Waals surface area contributed by atoms with E-state index in [1.54, 1.807) is 30.0 Å². The highest BCUT2D eigenvalue weighted by Gasteiger charge is 2.09. The number of rotatable bonds is 4. The van der Waals surface area contributed by atoms with Gasteiger partial charge in [0.2, 0.25) is 0 Å². The normalized spacial score (nSPS) is 10.5. The molecule has 6 heteroatoms. The molecule has 0 saturated carbocycles. The summed E-state index contributed by atoms with van der Waals surface area (Å²) in [5.41, 5.74) is 8.21. The van der Waals surface area contributed by atoms with Crippen LogP contribution < -0.4 is 15.2 Å². The summed E-state index contributed by atoms with van der Waals surface area (Å²) < 4.78 is 12.4. The fourth-order valence-electron chi connectivity index (χ4n) is 1.69. The Morgan fingerprint density at radius 2 is 2.11 bits per heavy atom. The van der Waals surface area contributed by atoms with Crippen LogP contribution in [0.2, 0.25) is 5.02 Å². The molecule has 1 aromatic heterocycles. The van der Waals surface area contributed by atoms with Crippen molar-refractivity contribution in [1.82, 2.24) is 9.78 Å². The predicted molar refractivity (Wildman–Crippen MR) is 74.7 cm³/mol. The van der Waals surface area contributed by atoms with Crippen LogP contribution in [-0.2, 0) is 6.73 Å². The summed E-state index contributed by atoms with van der Waals surface area (Å²) in [6.07, 6.45) is 0. The Kier molecular flexibility index (Phi) is 3.85. The molecule has 5 nitrogen and oxygen atoms in total. The lowest BCUT2D eigenvalue weighted by Crippen LogP contribution is -2.09. The Morgan fingerprint density at radius 1 is 1.37 bits per heavy atom. The monoisotopic (exact) mass is 281 g/mol. The van der Waals surface area contributed by atoms with Gasteiger partial charge in [-0.2, -0.15) is 5.10 Å². The third-order valence-corrected chi connectivity index (χ3v) is 3.21. The predicted octanol–water partition coefficient (Wildman–Crippen LogP) is 2.78. The molecule has 0 aliphatic heterocycles. The Morgan fingerprint density at radius 3 is 2.63 bits per heavy atom. The van der Waals surface area contributed by atoms with Gasteiger partial charge in [0.25, 0.3) is 0 Å². The van der Waals surface area contributed by atoms with Gasteiger partial charge in [-0.05, 0) is 26.0 Å². The number of aromatic nitrogens is 2. The largest absolute Gasteiger partial charge is 0.497 e. The topological polar surface area (TPSA) is 62.3 Å². The van der Waals surface area contributed by atoms with Gasteiger partial charge < -0.3 is 15.2 Å². The molecule has 1 aromatic carbocycles. The highest BCUT2D eigenvalue weighted by atomic mass is 35.5. The number of hydrogen-bond donors (Lipinski definition) is 1. The average molecular weight is 282 g/mol. The number of halogens is 1. The number of methoxy groups -OCH3 is 1. The summed E-state index contributed by atoms with van der Waals surface area (Å²) in [4.78, 5) is 0. The molecule has 0 atom stereocenters. The van der Waals surface area contributed by atoms with E-state index in [1.807, 2.05) is 13.8 Å². The average Bonchev–Trinajstić information content (AvgIpc) is 2.65. The maximum atomic E-state index is 6.09. The minimum atomic E-state index is 0.260. The third kappa shape index (κ3) is 2.76. The van der Waals surface area contributed by atoms with Crippen molar-refractivity contribution in [2.45, 2.75) is 20.6 Å². The molecule has 0 spiro atoms. The summed E-state index contributed by atoms with van der Waals surface area (Å²) in [7, 11) is 1.59. The summed E-state index contributed by atoms with van der Waals surface area (Å²) in [6.45, 7) is 4.02. The van der Waals surface area contributed by atoms with Crippen molar-refractivity contribution in [3.05, 3.63) is 34.6 Å². The van der Waals surface area contributed by atoms with Gasteiger partial charge in [-0.15, -0.1) is 0 Å². The summed E-state index contributed by atoms with van der Waals surface area (Å²) in [5.74, 6) is 1.27. The molecule has 0 aliphatic carbocycles. The fraction of sp³-hybridized carbons (Fsp3) is 0.308. The van der Waals surface area contributed by atoms with Gasteiger partial charge in [-0.25, -0.2) is 4.68 Å². The molecule has 0 saturated heterocycles. The smallest absolute Gasteiger partial charge is 0.181 e. The molecule has 0 aliphatic rings. The molecule has 19 heavy (non-hydrogen) atoms. The van der Waals surface area contributed by atoms with Crippen LogP contribution >= 0.6 is 11.6 Å². The molecule has 0 amide bonds. The van der Waals surface area contributed by atoms with E-state index in [0.717, 1.165) is 11.4 Å². The molecule has 2 N–H and O–H groups in total. The second-order valence-corrected chi connectivity index (χ2v) is 4.56. The lowest BCUT2D eigenvalue weighted by atomic mass is 10.3. The number of nitrogen functional groups attached to an aromatic ring is 1. The standard InChI is InChI=1S/C13H16ClN3O2/c1-8-13(15)9(2)17(16-8)7-19-12-5-4-10(18-3)6-11(12)14/h4-6H,7,15H2,1-3H3. The van der Waals surface area contributed by atoms with Crippen molar-refractivity contribution in [2.75, 3.05) is 12.8 Å². The summed E-state index contributed by atoms with van der Waals surface area (Å²) in [6, 6.07) is 5.25. The van der Waals surface area contributed by atoms with Crippen molar-refractivity contribution in [3.63, 3.8) is 0 Å². The number of anilines is 1. The van der Waals surface area contributed by atoms with Crippen LogP contribution in [0.4, 0.5) is 5.69 Å². The first kappa shape index (κ1) is 13.5. The number of aryl methyl sites for hydroxylation is 1. The van der Waals surface area contributed by atoms with Gasteiger partial charge in [-0.3, -0.25) is 0 Å².